The molecule has 0 saturated heterocycles. The van der Waals surface area contributed by atoms with E-state index in [4.69, 9.17) is 5.11 Å². The Morgan fingerprint density at radius 3 is 2.95 bits per heavy atom. The van der Waals surface area contributed by atoms with Crippen LogP contribution in [0.5, 0.6) is 0 Å². The zero-order valence-electron chi connectivity index (χ0n) is 11.1. The molecule has 0 saturated carbocycles. The van der Waals surface area contributed by atoms with Crippen LogP contribution in [-0.2, 0) is 13.5 Å². The predicted molar refractivity (Wildman–Crippen MR) is 78.2 cm³/mol. The Morgan fingerprint density at radius 2 is 2.25 bits per heavy atom. The summed E-state index contributed by atoms with van der Waals surface area (Å²) < 4.78 is 2.66. The molecule has 0 bridgehead atoms. The van der Waals surface area contributed by atoms with Crippen LogP contribution in [0, 0.1) is 0 Å². The van der Waals surface area contributed by atoms with Gasteiger partial charge in [0, 0.05) is 13.2 Å². The first-order valence-corrected chi connectivity index (χ1v) is 7.07. The molecule has 0 atom stereocenters. The van der Waals surface area contributed by atoms with E-state index >= 15 is 0 Å². The standard InChI is InChI=1S/C14H13N3O2S/c1-3-10-9(7-17(2)16-10)13-15-11-5-4-8(14(18)19)6-12(11)20-13/h4-7H,3H2,1-2H3,(H,18,19). The van der Waals surface area contributed by atoms with Crippen LogP contribution in [-0.4, -0.2) is 25.8 Å². The average molecular weight is 287 g/mol. The number of hydrogen-bond donors (Lipinski definition) is 1. The minimum atomic E-state index is -0.919. The molecule has 2 heterocycles. The van der Waals surface area contributed by atoms with Crippen molar-refractivity contribution in [1.29, 1.82) is 0 Å². The van der Waals surface area contributed by atoms with Gasteiger partial charge in [-0.15, -0.1) is 11.3 Å². The van der Waals surface area contributed by atoms with E-state index in [1.807, 2.05) is 13.2 Å². The molecular formula is C14H13N3O2S. The molecule has 20 heavy (non-hydrogen) atoms. The van der Waals surface area contributed by atoms with Crippen molar-refractivity contribution in [3.05, 3.63) is 35.7 Å². The van der Waals surface area contributed by atoms with Crippen LogP contribution < -0.4 is 0 Å². The van der Waals surface area contributed by atoms with Gasteiger partial charge in [-0.05, 0) is 24.6 Å². The first-order chi connectivity index (χ1) is 9.58. The normalized spacial score (nSPS) is 11.1. The fourth-order valence-electron chi connectivity index (χ4n) is 2.15. The molecule has 102 valence electrons. The van der Waals surface area contributed by atoms with Crippen LogP contribution in [0.25, 0.3) is 20.8 Å². The summed E-state index contributed by atoms with van der Waals surface area (Å²) in [6, 6.07) is 5.00. The molecule has 0 aliphatic carbocycles. The molecule has 5 nitrogen and oxygen atoms in total. The Labute approximate surface area is 119 Å². The van der Waals surface area contributed by atoms with E-state index < -0.39 is 5.97 Å². The van der Waals surface area contributed by atoms with E-state index in [9.17, 15) is 4.79 Å². The predicted octanol–water partition coefficient (Wildman–Crippen LogP) is 2.96. The first kappa shape index (κ1) is 12.8. The Hall–Kier alpha value is -2.21. The molecule has 1 N–H and O–H groups in total. The van der Waals surface area contributed by atoms with E-state index in [0.29, 0.717) is 0 Å². The van der Waals surface area contributed by atoms with Gasteiger partial charge < -0.3 is 5.11 Å². The molecule has 3 aromatic rings. The quantitative estimate of drug-likeness (QED) is 0.804. The summed E-state index contributed by atoms with van der Waals surface area (Å²) in [7, 11) is 1.89. The molecular weight excluding hydrogens is 274 g/mol. The van der Waals surface area contributed by atoms with Crippen LogP contribution in [0.2, 0.25) is 0 Å². The third-order valence-electron chi connectivity index (χ3n) is 3.11. The number of benzene rings is 1. The lowest BCUT2D eigenvalue weighted by atomic mass is 10.2. The maximum absolute atomic E-state index is 11.0. The Morgan fingerprint density at radius 1 is 1.45 bits per heavy atom. The number of carbonyl (C=O) groups is 1. The van der Waals surface area contributed by atoms with Gasteiger partial charge in [0.15, 0.2) is 0 Å². The average Bonchev–Trinajstić information content (AvgIpc) is 3.00. The minimum absolute atomic E-state index is 0.287. The van der Waals surface area contributed by atoms with Crippen molar-refractivity contribution in [3.8, 4) is 10.6 Å². The highest BCUT2D eigenvalue weighted by Gasteiger charge is 2.14. The highest BCUT2D eigenvalue weighted by atomic mass is 32.1. The maximum atomic E-state index is 11.0. The van der Waals surface area contributed by atoms with Crippen molar-refractivity contribution in [3.63, 3.8) is 0 Å². The number of aromatic nitrogens is 3. The third-order valence-corrected chi connectivity index (χ3v) is 4.16. The third kappa shape index (κ3) is 2.08. The topological polar surface area (TPSA) is 68.0 Å². The van der Waals surface area contributed by atoms with Gasteiger partial charge >= 0.3 is 5.97 Å². The molecule has 6 heteroatoms. The van der Waals surface area contributed by atoms with Crippen LogP contribution in [0.1, 0.15) is 23.0 Å². The van der Waals surface area contributed by atoms with E-state index in [0.717, 1.165) is 32.9 Å². The van der Waals surface area contributed by atoms with Crippen molar-refractivity contribution in [2.45, 2.75) is 13.3 Å². The number of rotatable bonds is 3. The molecule has 0 aliphatic heterocycles. The maximum Gasteiger partial charge on any atom is 0.335 e. The SMILES string of the molecule is CCc1nn(C)cc1-c1nc2ccc(C(=O)O)cc2s1. The smallest absolute Gasteiger partial charge is 0.335 e. The van der Waals surface area contributed by atoms with Crippen molar-refractivity contribution in [2.75, 3.05) is 0 Å². The number of carboxylic acid groups (broad SMARTS) is 1. The summed E-state index contributed by atoms with van der Waals surface area (Å²) in [6.45, 7) is 2.06. The summed E-state index contributed by atoms with van der Waals surface area (Å²) in [5.41, 5.74) is 3.13. The van der Waals surface area contributed by atoms with Gasteiger partial charge in [-0.2, -0.15) is 5.10 Å². The van der Waals surface area contributed by atoms with E-state index in [-0.39, 0.29) is 5.56 Å². The number of thiazole rings is 1. The molecule has 0 spiro atoms. The molecule has 3 rings (SSSR count). The highest BCUT2D eigenvalue weighted by Crippen LogP contribution is 2.32. The summed E-state index contributed by atoms with van der Waals surface area (Å²) in [4.78, 5) is 15.6. The molecule has 1 aromatic carbocycles. The van der Waals surface area contributed by atoms with Crippen molar-refractivity contribution in [1.82, 2.24) is 14.8 Å². The second-order valence-electron chi connectivity index (χ2n) is 4.52. The van der Waals surface area contributed by atoms with E-state index in [1.54, 1.807) is 22.9 Å². The summed E-state index contributed by atoms with van der Waals surface area (Å²) >= 11 is 1.50. The van der Waals surface area contributed by atoms with Crippen molar-refractivity contribution in [2.24, 2.45) is 7.05 Å². The van der Waals surface area contributed by atoms with Crippen LogP contribution >= 0.6 is 11.3 Å². The Balaban J connectivity index is 2.15. The Kier molecular flexibility index (Phi) is 3.02. The van der Waals surface area contributed by atoms with E-state index in [1.165, 1.54) is 11.3 Å². The largest absolute Gasteiger partial charge is 0.478 e. The van der Waals surface area contributed by atoms with Gasteiger partial charge in [0.25, 0.3) is 0 Å². The molecule has 2 aromatic heterocycles. The molecule has 0 unspecified atom stereocenters. The molecule has 0 amide bonds. The zero-order chi connectivity index (χ0) is 14.3. The van der Waals surface area contributed by atoms with Crippen molar-refractivity contribution >= 4 is 27.5 Å². The fourth-order valence-corrected chi connectivity index (χ4v) is 3.18. The number of hydrogen-bond acceptors (Lipinski definition) is 4. The summed E-state index contributed by atoms with van der Waals surface area (Å²) in [6.07, 6.45) is 2.79. The molecule has 0 radical (unpaired) electrons. The minimum Gasteiger partial charge on any atom is -0.478 e. The lowest BCUT2D eigenvalue weighted by molar-refractivity contribution is 0.0697. The zero-order valence-corrected chi connectivity index (χ0v) is 11.9. The van der Waals surface area contributed by atoms with Gasteiger partial charge in [0.1, 0.15) is 5.01 Å². The summed E-state index contributed by atoms with van der Waals surface area (Å²) in [5.74, 6) is -0.919. The fraction of sp³-hybridized carbons (Fsp3) is 0.214. The number of carboxylic acids is 1. The lowest BCUT2D eigenvalue weighted by Crippen LogP contribution is -1.94. The number of aryl methyl sites for hydroxylation is 2. The number of fused-ring (bicyclic) bond motifs is 1. The van der Waals surface area contributed by atoms with Gasteiger partial charge in [0.05, 0.1) is 27.0 Å². The van der Waals surface area contributed by atoms with E-state index in [2.05, 4.69) is 17.0 Å². The van der Waals surface area contributed by atoms with Gasteiger partial charge in [-0.1, -0.05) is 6.92 Å². The number of aromatic carboxylic acids is 1. The number of nitrogens with zero attached hydrogens (tertiary/aromatic N) is 3. The van der Waals surface area contributed by atoms with Gasteiger partial charge in [-0.25, -0.2) is 9.78 Å². The second-order valence-corrected chi connectivity index (χ2v) is 5.55. The van der Waals surface area contributed by atoms with Crippen LogP contribution in [0.4, 0.5) is 0 Å². The van der Waals surface area contributed by atoms with Gasteiger partial charge in [-0.3, -0.25) is 4.68 Å². The van der Waals surface area contributed by atoms with Crippen LogP contribution in [0.3, 0.4) is 0 Å². The molecule has 0 fully saturated rings. The summed E-state index contributed by atoms with van der Waals surface area (Å²) in [5, 5.41) is 14.3. The first-order valence-electron chi connectivity index (χ1n) is 6.25. The Bertz CT molecular complexity index is 804. The monoisotopic (exact) mass is 287 g/mol. The second kappa shape index (κ2) is 4.72. The lowest BCUT2D eigenvalue weighted by Gasteiger charge is -1.92. The van der Waals surface area contributed by atoms with Gasteiger partial charge in [0.2, 0.25) is 0 Å². The van der Waals surface area contributed by atoms with Crippen molar-refractivity contribution < 1.29 is 9.90 Å². The molecule has 0 aliphatic rings. The highest BCUT2D eigenvalue weighted by molar-refractivity contribution is 7.21. The van der Waals surface area contributed by atoms with Crippen LogP contribution in [0.15, 0.2) is 24.4 Å².